The second-order valence-corrected chi connectivity index (χ2v) is 2.59. The van der Waals surface area contributed by atoms with Crippen molar-refractivity contribution in [1.82, 2.24) is 0 Å². The van der Waals surface area contributed by atoms with Crippen LogP contribution in [0.2, 0.25) is 0 Å². The van der Waals surface area contributed by atoms with Gasteiger partial charge >= 0.3 is 0 Å². The molecule has 0 fully saturated rings. The van der Waals surface area contributed by atoms with Crippen LogP contribution in [0.5, 0.6) is 0 Å². The van der Waals surface area contributed by atoms with Crippen LogP contribution in [0.3, 0.4) is 0 Å². The van der Waals surface area contributed by atoms with Crippen LogP contribution in [0.1, 0.15) is 0 Å². The van der Waals surface area contributed by atoms with E-state index in [-0.39, 0.29) is 16.2 Å². The molecule has 0 aromatic carbocycles. The highest BCUT2D eigenvalue weighted by Gasteiger charge is 2.09. The largest absolute Gasteiger partial charge is 0.288 e. The normalized spacial score (nSPS) is 26.2. The molecule has 0 saturated carbocycles. The summed E-state index contributed by atoms with van der Waals surface area (Å²) in [4.78, 5) is 10.6. The Morgan fingerprint density at radius 3 is 2.67 bits per heavy atom. The zero-order chi connectivity index (χ0) is 6.85. The predicted octanol–water partition coefficient (Wildman–Crippen LogP) is 1.86. The summed E-state index contributed by atoms with van der Waals surface area (Å²) in [6.45, 7) is 0. The molecule has 48 valence electrons. The fraction of sp³-hybridized carbons (Fsp3) is 0.167. The van der Waals surface area contributed by atoms with Crippen molar-refractivity contribution in [3.8, 4) is 0 Å². The van der Waals surface area contributed by atoms with Crippen molar-refractivity contribution in [3.05, 3.63) is 23.3 Å². The number of hydrogen-bond acceptors (Lipinski definition) is 1. The van der Waals surface area contributed by atoms with Gasteiger partial charge in [0.25, 0.3) is 0 Å². The molecule has 1 nitrogen and oxygen atoms in total. The van der Waals surface area contributed by atoms with E-state index < -0.39 is 0 Å². The first-order chi connectivity index (χ1) is 4.20. The van der Waals surface area contributed by atoms with E-state index in [0.717, 1.165) is 0 Å². The molecule has 0 heterocycles. The second-order valence-electron chi connectivity index (χ2n) is 1.68. The Kier molecular flexibility index (Phi) is 1.94. The second kappa shape index (κ2) is 2.54. The van der Waals surface area contributed by atoms with Crippen LogP contribution in [0, 0.1) is 0 Å². The van der Waals surface area contributed by atoms with Crippen molar-refractivity contribution in [2.24, 2.45) is 0 Å². The summed E-state index contributed by atoms with van der Waals surface area (Å²) in [5.41, 5.74) is 0. The lowest BCUT2D eigenvalue weighted by Crippen LogP contribution is -2.02. The number of rotatable bonds is 0. The Morgan fingerprint density at radius 2 is 2.22 bits per heavy atom. The number of alkyl halides is 1. The van der Waals surface area contributed by atoms with E-state index in [9.17, 15) is 4.79 Å². The first-order valence-electron chi connectivity index (χ1n) is 2.44. The molecule has 0 N–H and O–H groups in total. The van der Waals surface area contributed by atoms with Crippen LogP contribution in [-0.4, -0.2) is 11.2 Å². The molecule has 9 heavy (non-hydrogen) atoms. The van der Waals surface area contributed by atoms with Gasteiger partial charge in [-0.15, -0.1) is 11.6 Å². The van der Waals surface area contributed by atoms with Crippen molar-refractivity contribution < 1.29 is 4.79 Å². The molecule has 0 aromatic rings. The van der Waals surface area contributed by atoms with Gasteiger partial charge in [-0.05, 0) is 12.2 Å². The first-order valence-corrected chi connectivity index (χ1v) is 3.25. The lowest BCUT2D eigenvalue weighted by molar-refractivity contribution is -0.110. The molecule has 0 bridgehead atoms. The number of allylic oxidation sites excluding steroid dienone is 4. The van der Waals surface area contributed by atoms with E-state index >= 15 is 0 Å². The van der Waals surface area contributed by atoms with Gasteiger partial charge in [-0.1, -0.05) is 17.7 Å². The number of hydrogen-bond donors (Lipinski definition) is 0. The zero-order valence-electron chi connectivity index (χ0n) is 4.47. The Balaban J connectivity index is 2.82. The third-order valence-corrected chi connectivity index (χ3v) is 1.56. The summed E-state index contributed by atoms with van der Waals surface area (Å²) in [5, 5.41) is -0.0206. The molecule has 0 saturated heterocycles. The van der Waals surface area contributed by atoms with Crippen molar-refractivity contribution in [2.75, 3.05) is 0 Å². The highest BCUT2D eigenvalue weighted by atomic mass is 35.5. The molecule has 1 aliphatic rings. The summed E-state index contributed by atoms with van der Waals surface area (Å²) in [6.07, 6.45) is 4.47. The zero-order valence-corrected chi connectivity index (χ0v) is 5.99. The number of carbonyl (C=O) groups excluding carboxylic acids is 1. The predicted molar refractivity (Wildman–Crippen MR) is 37.7 cm³/mol. The molecule has 1 rings (SSSR count). The van der Waals surface area contributed by atoms with Crippen molar-refractivity contribution >= 4 is 29.0 Å². The monoisotopic (exact) mass is 162 g/mol. The SMILES string of the molecule is O=C1C=CC(Cl)C=C1Cl. The molecule has 0 aliphatic heterocycles. The van der Waals surface area contributed by atoms with Crippen molar-refractivity contribution in [3.63, 3.8) is 0 Å². The van der Waals surface area contributed by atoms with Gasteiger partial charge in [-0.25, -0.2) is 0 Å². The van der Waals surface area contributed by atoms with Crippen LogP contribution in [-0.2, 0) is 4.79 Å². The molecule has 0 amide bonds. The highest BCUT2D eigenvalue weighted by molar-refractivity contribution is 6.45. The Morgan fingerprint density at radius 1 is 1.56 bits per heavy atom. The smallest absolute Gasteiger partial charge is 0.196 e. The fourth-order valence-electron chi connectivity index (χ4n) is 0.536. The van der Waals surface area contributed by atoms with Crippen molar-refractivity contribution in [1.29, 1.82) is 0 Å². The molecule has 0 spiro atoms. The van der Waals surface area contributed by atoms with E-state index in [1.54, 1.807) is 6.08 Å². The van der Waals surface area contributed by atoms with Gasteiger partial charge in [-0.2, -0.15) is 0 Å². The maximum atomic E-state index is 10.6. The van der Waals surface area contributed by atoms with E-state index in [1.807, 2.05) is 0 Å². The minimum Gasteiger partial charge on any atom is -0.288 e. The number of ketones is 1. The van der Waals surface area contributed by atoms with Crippen molar-refractivity contribution in [2.45, 2.75) is 5.38 Å². The van der Waals surface area contributed by atoms with E-state index in [1.165, 1.54) is 12.2 Å². The molecule has 3 heteroatoms. The van der Waals surface area contributed by atoms with Gasteiger partial charge in [0.05, 0.1) is 10.4 Å². The minimum atomic E-state index is -0.227. The summed E-state index contributed by atoms with van der Waals surface area (Å²) in [7, 11) is 0. The Labute approximate surface area is 62.9 Å². The standard InChI is InChI=1S/C6H4Cl2O/c7-4-1-2-6(9)5(8)3-4/h1-4H. The number of halogens is 2. The van der Waals surface area contributed by atoms with Crippen LogP contribution in [0.4, 0.5) is 0 Å². The average Bonchev–Trinajstić information content (AvgIpc) is 1.80. The summed E-state index contributed by atoms with van der Waals surface area (Å²) in [5.74, 6) is -0.173. The van der Waals surface area contributed by atoms with Crippen LogP contribution in [0.25, 0.3) is 0 Å². The minimum absolute atomic E-state index is 0.173. The highest BCUT2D eigenvalue weighted by Crippen LogP contribution is 2.14. The summed E-state index contributed by atoms with van der Waals surface area (Å²) < 4.78 is 0. The Hall–Kier alpha value is -0.270. The molecule has 1 atom stereocenters. The lowest BCUT2D eigenvalue weighted by Gasteiger charge is -2.02. The van der Waals surface area contributed by atoms with E-state index in [2.05, 4.69) is 0 Å². The molecular weight excluding hydrogens is 159 g/mol. The van der Waals surface area contributed by atoms with Crippen LogP contribution >= 0.6 is 23.2 Å². The Bertz CT molecular complexity index is 193. The molecule has 0 aromatic heterocycles. The van der Waals surface area contributed by atoms with Gasteiger partial charge < -0.3 is 0 Å². The van der Waals surface area contributed by atoms with E-state index in [0.29, 0.717) is 0 Å². The van der Waals surface area contributed by atoms with E-state index in [4.69, 9.17) is 23.2 Å². The van der Waals surface area contributed by atoms with Gasteiger partial charge in [0.15, 0.2) is 5.78 Å². The van der Waals surface area contributed by atoms with Gasteiger partial charge in [0.1, 0.15) is 0 Å². The molecular formula is C6H4Cl2O. The average molecular weight is 163 g/mol. The summed E-state index contributed by atoms with van der Waals surface area (Å²) >= 11 is 11.0. The van der Waals surface area contributed by atoms with Crippen LogP contribution in [0.15, 0.2) is 23.3 Å². The van der Waals surface area contributed by atoms with Crippen LogP contribution < -0.4 is 0 Å². The third-order valence-electron chi connectivity index (χ3n) is 0.972. The lowest BCUT2D eigenvalue weighted by atomic mass is 10.2. The fourth-order valence-corrected chi connectivity index (χ4v) is 0.998. The quantitative estimate of drug-likeness (QED) is 0.498. The third kappa shape index (κ3) is 1.57. The maximum absolute atomic E-state index is 10.6. The maximum Gasteiger partial charge on any atom is 0.196 e. The van der Waals surface area contributed by atoms with Gasteiger partial charge in [0, 0.05) is 0 Å². The summed E-state index contributed by atoms with van der Waals surface area (Å²) in [6, 6.07) is 0. The molecule has 0 radical (unpaired) electrons. The first kappa shape index (κ1) is 6.84. The topological polar surface area (TPSA) is 17.1 Å². The van der Waals surface area contributed by atoms with Gasteiger partial charge in [0.2, 0.25) is 0 Å². The molecule has 1 aliphatic carbocycles. The number of carbonyl (C=O) groups is 1. The van der Waals surface area contributed by atoms with Gasteiger partial charge in [-0.3, -0.25) is 4.79 Å². The molecule has 1 unspecified atom stereocenters.